The fourth-order valence-electron chi connectivity index (χ4n) is 2.07. The lowest BCUT2D eigenvalue weighted by atomic mass is 10.1. The van der Waals surface area contributed by atoms with Gasteiger partial charge in [-0.1, -0.05) is 71.9 Å². The molecular formula is C18H15NO. The molecule has 0 fully saturated rings. The van der Waals surface area contributed by atoms with Crippen LogP contribution in [-0.2, 0) is 11.4 Å². The van der Waals surface area contributed by atoms with E-state index in [1.165, 1.54) is 10.8 Å². The van der Waals surface area contributed by atoms with Crippen molar-refractivity contribution in [1.82, 2.24) is 0 Å². The molecule has 2 heteroatoms. The first-order valence-electron chi connectivity index (χ1n) is 6.60. The summed E-state index contributed by atoms with van der Waals surface area (Å²) in [6.45, 7) is 0.491. The van der Waals surface area contributed by atoms with E-state index in [2.05, 4.69) is 29.4 Å². The monoisotopic (exact) mass is 261 g/mol. The van der Waals surface area contributed by atoms with Crippen molar-refractivity contribution in [1.29, 1.82) is 0 Å². The van der Waals surface area contributed by atoms with Gasteiger partial charge >= 0.3 is 0 Å². The topological polar surface area (TPSA) is 21.6 Å². The molecule has 3 aromatic rings. The maximum atomic E-state index is 5.31. The molecule has 98 valence electrons. The minimum absolute atomic E-state index is 0.491. The van der Waals surface area contributed by atoms with Crippen molar-refractivity contribution in [2.75, 3.05) is 0 Å². The Labute approximate surface area is 118 Å². The molecule has 0 radical (unpaired) electrons. The lowest BCUT2D eigenvalue weighted by Crippen LogP contribution is -1.88. The van der Waals surface area contributed by atoms with Crippen molar-refractivity contribution in [3.05, 3.63) is 83.9 Å². The van der Waals surface area contributed by atoms with E-state index in [4.69, 9.17) is 4.84 Å². The number of hydrogen-bond donors (Lipinski definition) is 0. The number of nitrogens with zero attached hydrogens (tertiary/aromatic N) is 1. The molecule has 0 amide bonds. The molecule has 0 bridgehead atoms. The van der Waals surface area contributed by atoms with Crippen LogP contribution in [0, 0.1) is 0 Å². The number of hydrogen-bond acceptors (Lipinski definition) is 2. The van der Waals surface area contributed by atoms with Gasteiger partial charge in [0.25, 0.3) is 0 Å². The zero-order chi connectivity index (χ0) is 13.6. The van der Waals surface area contributed by atoms with Gasteiger partial charge in [-0.3, -0.25) is 0 Å². The first-order valence-corrected chi connectivity index (χ1v) is 6.60. The van der Waals surface area contributed by atoms with Gasteiger partial charge in [0.1, 0.15) is 6.61 Å². The molecule has 2 nitrogen and oxygen atoms in total. The predicted molar refractivity (Wildman–Crippen MR) is 82.8 cm³/mol. The Bertz CT molecular complexity index is 720. The van der Waals surface area contributed by atoms with Gasteiger partial charge in [0.05, 0.1) is 6.21 Å². The van der Waals surface area contributed by atoms with E-state index in [0.29, 0.717) is 6.61 Å². The highest BCUT2D eigenvalue weighted by Gasteiger charge is 1.94. The SMILES string of the molecule is C(=N/OCc1ccccc1)/c1ccc2ccccc2c1. The summed E-state index contributed by atoms with van der Waals surface area (Å²) in [6.07, 6.45) is 1.75. The third-order valence-corrected chi connectivity index (χ3v) is 3.12. The fraction of sp³-hybridized carbons (Fsp3) is 0.0556. The minimum atomic E-state index is 0.491. The summed E-state index contributed by atoms with van der Waals surface area (Å²) in [5.74, 6) is 0. The summed E-state index contributed by atoms with van der Waals surface area (Å²) in [6, 6.07) is 24.5. The molecule has 0 aliphatic carbocycles. The second kappa shape index (κ2) is 6.02. The third-order valence-electron chi connectivity index (χ3n) is 3.12. The van der Waals surface area contributed by atoms with Crippen LogP contribution in [0.3, 0.4) is 0 Å². The van der Waals surface area contributed by atoms with Crippen LogP contribution in [0.15, 0.2) is 78.0 Å². The fourth-order valence-corrected chi connectivity index (χ4v) is 2.07. The summed E-state index contributed by atoms with van der Waals surface area (Å²) in [4.78, 5) is 5.31. The van der Waals surface area contributed by atoms with E-state index in [1.807, 2.05) is 48.5 Å². The highest BCUT2D eigenvalue weighted by Crippen LogP contribution is 2.14. The van der Waals surface area contributed by atoms with Crippen molar-refractivity contribution in [2.24, 2.45) is 5.16 Å². The summed E-state index contributed by atoms with van der Waals surface area (Å²) < 4.78 is 0. The Balaban J connectivity index is 1.65. The van der Waals surface area contributed by atoms with Gasteiger partial charge in [-0.2, -0.15) is 0 Å². The smallest absolute Gasteiger partial charge is 0.142 e. The molecule has 0 atom stereocenters. The van der Waals surface area contributed by atoms with E-state index >= 15 is 0 Å². The number of rotatable bonds is 4. The maximum Gasteiger partial charge on any atom is 0.142 e. The van der Waals surface area contributed by atoms with E-state index in [9.17, 15) is 0 Å². The molecule has 0 saturated carbocycles. The van der Waals surface area contributed by atoms with Gasteiger partial charge in [-0.15, -0.1) is 0 Å². The van der Waals surface area contributed by atoms with E-state index < -0.39 is 0 Å². The molecule has 0 heterocycles. The normalized spacial score (nSPS) is 11.0. The first-order chi connectivity index (χ1) is 9.92. The molecule has 3 aromatic carbocycles. The molecule has 0 unspecified atom stereocenters. The van der Waals surface area contributed by atoms with Crippen molar-refractivity contribution < 1.29 is 4.84 Å². The van der Waals surface area contributed by atoms with Crippen LogP contribution in [0.25, 0.3) is 10.8 Å². The highest BCUT2D eigenvalue weighted by atomic mass is 16.6. The second-order valence-corrected chi connectivity index (χ2v) is 4.60. The van der Waals surface area contributed by atoms with Crippen LogP contribution in [0.4, 0.5) is 0 Å². The quantitative estimate of drug-likeness (QED) is 0.504. The zero-order valence-corrected chi connectivity index (χ0v) is 11.1. The number of oxime groups is 1. The molecule has 0 aliphatic rings. The summed E-state index contributed by atoms with van der Waals surface area (Å²) in [5, 5.41) is 6.46. The average Bonchev–Trinajstić information content (AvgIpc) is 2.52. The summed E-state index contributed by atoms with van der Waals surface area (Å²) in [5.41, 5.74) is 2.15. The zero-order valence-electron chi connectivity index (χ0n) is 11.1. The average molecular weight is 261 g/mol. The van der Waals surface area contributed by atoms with Crippen LogP contribution in [0.1, 0.15) is 11.1 Å². The predicted octanol–water partition coefficient (Wildman–Crippen LogP) is 4.39. The summed E-state index contributed by atoms with van der Waals surface area (Å²) >= 11 is 0. The lowest BCUT2D eigenvalue weighted by Gasteiger charge is -2.00. The van der Waals surface area contributed by atoms with E-state index in [-0.39, 0.29) is 0 Å². The molecular weight excluding hydrogens is 246 g/mol. The van der Waals surface area contributed by atoms with E-state index in [0.717, 1.165) is 11.1 Å². The number of benzene rings is 3. The molecule has 20 heavy (non-hydrogen) atoms. The summed E-state index contributed by atoms with van der Waals surface area (Å²) in [7, 11) is 0. The Kier molecular flexibility index (Phi) is 3.74. The Morgan fingerprint density at radius 1 is 0.800 bits per heavy atom. The molecule has 0 spiro atoms. The van der Waals surface area contributed by atoms with Gasteiger partial charge in [0.2, 0.25) is 0 Å². The largest absolute Gasteiger partial charge is 0.391 e. The van der Waals surface area contributed by atoms with Crippen LogP contribution in [0.5, 0.6) is 0 Å². The molecule has 0 aromatic heterocycles. The molecule has 0 saturated heterocycles. The third kappa shape index (κ3) is 3.04. The Hall–Kier alpha value is -2.61. The van der Waals surface area contributed by atoms with Gasteiger partial charge in [-0.25, -0.2) is 0 Å². The van der Waals surface area contributed by atoms with Crippen molar-refractivity contribution in [2.45, 2.75) is 6.61 Å². The molecule has 0 aliphatic heterocycles. The van der Waals surface area contributed by atoms with Gasteiger partial charge < -0.3 is 4.84 Å². The minimum Gasteiger partial charge on any atom is -0.391 e. The van der Waals surface area contributed by atoms with E-state index in [1.54, 1.807) is 6.21 Å². The molecule has 0 N–H and O–H groups in total. The Morgan fingerprint density at radius 2 is 1.55 bits per heavy atom. The maximum absolute atomic E-state index is 5.31. The second-order valence-electron chi connectivity index (χ2n) is 4.60. The first kappa shape index (κ1) is 12.4. The van der Waals surface area contributed by atoms with Gasteiger partial charge in [0.15, 0.2) is 0 Å². The van der Waals surface area contributed by atoms with Gasteiger partial charge in [0, 0.05) is 0 Å². The number of fused-ring (bicyclic) bond motifs is 1. The van der Waals surface area contributed by atoms with Crippen LogP contribution >= 0.6 is 0 Å². The van der Waals surface area contributed by atoms with Crippen molar-refractivity contribution in [3.63, 3.8) is 0 Å². The standard InChI is InChI=1S/C18H15NO/c1-2-6-15(7-3-1)14-20-19-13-16-10-11-17-8-4-5-9-18(17)12-16/h1-13H,14H2/b19-13-. The van der Waals surface area contributed by atoms with Crippen LogP contribution < -0.4 is 0 Å². The van der Waals surface area contributed by atoms with Crippen molar-refractivity contribution >= 4 is 17.0 Å². The van der Waals surface area contributed by atoms with Gasteiger partial charge in [-0.05, 0) is 28.0 Å². The Morgan fingerprint density at radius 3 is 2.40 bits per heavy atom. The lowest BCUT2D eigenvalue weighted by molar-refractivity contribution is 0.132. The van der Waals surface area contributed by atoms with Crippen molar-refractivity contribution in [3.8, 4) is 0 Å². The highest BCUT2D eigenvalue weighted by molar-refractivity contribution is 5.90. The molecule has 3 rings (SSSR count). The van der Waals surface area contributed by atoms with Crippen LogP contribution in [-0.4, -0.2) is 6.21 Å². The van der Waals surface area contributed by atoms with Crippen LogP contribution in [0.2, 0.25) is 0 Å².